The maximum absolute atomic E-state index is 5.99. The summed E-state index contributed by atoms with van der Waals surface area (Å²) in [5.74, 6) is 1.16. The number of rotatable bonds is 4. The Morgan fingerprint density at radius 1 is 1.33 bits per heavy atom. The molecular weight excluding hydrogens is 304 g/mol. The topological polar surface area (TPSA) is 50.7 Å². The molecule has 3 rings (SSSR count). The van der Waals surface area contributed by atoms with Crippen molar-refractivity contribution in [2.45, 2.75) is 19.8 Å². The zero-order chi connectivity index (χ0) is 14.8. The van der Waals surface area contributed by atoms with Crippen LogP contribution >= 0.6 is 22.9 Å². The fraction of sp³-hybridized carbons (Fsp3) is 0.267. The summed E-state index contributed by atoms with van der Waals surface area (Å²) >= 11 is 7.69. The van der Waals surface area contributed by atoms with Crippen LogP contribution in [0.25, 0.3) is 10.9 Å². The number of thiazole rings is 1. The van der Waals surface area contributed by atoms with Crippen LogP contribution in [0.5, 0.6) is 0 Å². The number of nitrogens with zero attached hydrogens (tertiary/aromatic N) is 3. The minimum atomic E-state index is 0.334. The van der Waals surface area contributed by atoms with Gasteiger partial charge in [0.2, 0.25) is 0 Å². The van der Waals surface area contributed by atoms with E-state index in [2.05, 4.69) is 32.6 Å². The standard InChI is InChI=1S/C15H15ClN4S/c1-9(15-20-10(2)7-21-15)6-17-14-12-4-3-11(16)5-13(12)18-8-19-14/h3-5,7-9H,6H2,1-2H3,(H,17,18,19). The van der Waals surface area contributed by atoms with Gasteiger partial charge in [0.15, 0.2) is 0 Å². The first-order valence-electron chi connectivity index (χ1n) is 6.69. The van der Waals surface area contributed by atoms with Gasteiger partial charge in [0.25, 0.3) is 0 Å². The Kier molecular flexibility index (Phi) is 4.03. The molecule has 2 heterocycles. The first-order valence-corrected chi connectivity index (χ1v) is 7.95. The van der Waals surface area contributed by atoms with Gasteiger partial charge in [0.05, 0.1) is 10.5 Å². The van der Waals surface area contributed by atoms with Crippen LogP contribution in [0.2, 0.25) is 5.02 Å². The lowest BCUT2D eigenvalue weighted by Gasteiger charge is -2.12. The molecule has 0 fully saturated rings. The van der Waals surface area contributed by atoms with Crippen molar-refractivity contribution in [3.05, 3.63) is 45.6 Å². The van der Waals surface area contributed by atoms with Crippen LogP contribution in [-0.2, 0) is 0 Å². The second-order valence-corrected chi connectivity index (χ2v) is 6.32. The average Bonchev–Trinajstić information content (AvgIpc) is 2.91. The molecule has 108 valence electrons. The van der Waals surface area contributed by atoms with Gasteiger partial charge in [-0.1, -0.05) is 18.5 Å². The van der Waals surface area contributed by atoms with Crippen molar-refractivity contribution in [2.75, 3.05) is 11.9 Å². The Hall–Kier alpha value is -1.72. The second-order valence-electron chi connectivity index (χ2n) is 4.99. The van der Waals surface area contributed by atoms with E-state index >= 15 is 0 Å². The van der Waals surface area contributed by atoms with Gasteiger partial charge in [-0.25, -0.2) is 15.0 Å². The maximum Gasteiger partial charge on any atom is 0.137 e. The zero-order valence-electron chi connectivity index (χ0n) is 11.8. The van der Waals surface area contributed by atoms with Gasteiger partial charge in [-0.05, 0) is 25.1 Å². The lowest BCUT2D eigenvalue weighted by molar-refractivity contribution is 0.789. The predicted octanol–water partition coefficient (Wildman–Crippen LogP) is 4.26. The molecule has 0 saturated heterocycles. The van der Waals surface area contributed by atoms with E-state index in [0.717, 1.165) is 34.0 Å². The van der Waals surface area contributed by atoms with Crippen LogP contribution in [0.3, 0.4) is 0 Å². The highest BCUT2D eigenvalue weighted by Crippen LogP contribution is 2.24. The molecule has 1 N–H and O–H groups in total. The van der Waals surface area contributed by atoms with Crippen LogP contribution in [0.15, 0.2) is 29.9 Å². The van der Waals surface area contributed by atoms with E-state index in [4.69, 9.17) is 11.6 Å². The maximum atomic E-state index is 5.99. The Morgan fingerprint density at radius 3 is 2.95 bits per heavy atom. The highest BCUT2D eigenvalue weighted by atomic mass is 35.5. The number of hydrogen-bond donors (Lipinski definition) is 1. The highest BCUT2D eigenvalue weighted by Gasteiger charge is 2.11. The lowest BCUT2D eigenvalue weighted by Crippen LogP contribution is -2.11. The first kappa shape index (κ1) is 14.2. The smallest absolute Gasteiger partial charge is 0.137 e. The van der Waals surface area contributed by atoms with E-state index in [-0.39, 0.29) is 0 Å². The van der Waals surface area contributed by atoms with Crippen molar-refractivity contribution in [1.82, 2.24) is 15.0 Å². The molecule has 1 aromatic carbocycles. The summed E-state index contributed by atoms with van der Waals surface area (Å²) in [6.45, 7) is 4.95. The Labute approximate surface area is 132 Å². The summed E-state index contributed by atoms with van der Waals surface area (Å²) in [5.41, 5.74) is 1.92. The molecule has 2 aromatic heterocycles. The molecule has 0 aliphatic heterocycles. The third-order valence-electron chi connectivity index (χ3n) is 3.23. The molecule has 3 aromatic rings. The molecule has 0 aliphatic carbocycles. The van der Waals surface area contributed by atoms with Crippen LogP contribution in [0, 0.1) is 6.92 Å². The van der Waals surface area contributed by atoms with E-state index in [1.807, 2.05) is 25.1 Å². The summed E-state index contributed by atoms with van der Waals surface area (Å²) in [7, 11) is 0. The largest absolute Gasteiger partial charge is 0.369 e. The third-order valence-corrected chi connectivity index (χ3v) is 4.66. The van der Waals surface area contributed by atoms with E-state index in [1.165, 1.54) is 0 Å². The van der Waals surface area contributed by atoms with E-state index in [1.54, 1.807) is 17.7 Å². The quantitative estimate of drug-likeness (QED) is 0.780. The molecule has 21 heavy (non-hydrogen) atoms. The van der Waals surface area contributed by atoms with Gasteiger partial charge in [0, 0.05) is 33.9 Å². The molecule has 1 unspecified atom stereocenters. The SMILES string of the molecule is Cc1csc(C(C)CNc2ncnc3cc(Cl)ccc23)n1. The van der Waals surface area contributed by atoms with Crippen molar-refractivity contribution in [2.24, 2.45) is 0 Å². The molecule has 1 atom stereocenters. The average molecular weight is 319 g/mol. The van der Waals surface area contributed by atoms with Crippen molar-refractivity contribution in [1.29, 1.82) is 0 Å². The second kappa shape index (κ2) is 5.95. The van der Waals surface area contributed by atoms with Crippen LogP contribution < -0.4 is 5.32 Å². The zero-order valence-corrected chi connectivity index (χ0v) is 13.4. The molecule has 0 saturated carbocycles. The Morgan fingerprint density at radius 2 is 2.19 bits per heavy atom. The van der Waals surface area contributed by atoms with Crippen molar-refractivity contribution in [3.63, 3.8) is 0 Å². The minimum absolute atomic E-state index is 0.334. The summed E-state index contributed by atoms with van der Waals surface area (Å²) in [6, 6.07) is 5.64. The molecule has 0 radical (unpaired) electrons. The highest BCUT2D eigenvalue weighted by molar-refractivity contribution is 7.09. The van der Waals surface area contributed by atoms with Crippen LogP contribution in [0.1, 0.15) is 23.5 Å². The van der Waals surface area contributed by atoms with Gasteiger partial charge in [-0.15, -0.1) is 11.3 Å². The number of hydrogen-bond acceptors (Lipinski definition) is 5. The monoisotopic (exact) mass is 318 g/mol. The first-order chi connectivity index (χ1) is 10.1. The van der Waals surface area contributed by atoms with Crippen LogP contribution in [-0.4, -0.2) is 21.5 Å². The van der Waals surface area contributed by atoms with Gasteiger partial charge in [0.1, 0.15) is 12.1 Å². The van der Waals surface area contributed by atoms with Crippen molar-refractivity contribution < 1.29 is 0 Å². The predicted molar refractivity (Wildman–Crippen MR) is 88.3 cm³/mol. The number of nitrogens with one attached hydrogen (secondary N) is 1. The third kappa shape index (κ3) is 3.14. The van der Waals surface area contributed by atoms with Gasteiger partial charge in [-0.3, -0.25) is 0 Å². The molecule has 0 spiro atoms. The van der Waals surface area contributed by atoms with Crippen molar-refractivity contribution in [3.8, 4) is 0 Å². The molecule has 6 heteroatoms. The number of halogens is 1. The lowest BCUT2D eigenvalue weighted by atomic mass is 10.2. The molecular formula is C15H15ClN4S. The summed E-state index contributed by atoms with van der Waals surface area (Å²) in [4.78, 5) is 13.1. The van der Waals surface area contributed by atoms with E-state index in [9.17, 15) is 0 Å². The van der Waals surface area contributed by atoms with Gasteiger partial charge >= 0.3 is 0 Å². The molecule has 0 aliphatic rings. The minimum Gasteiger partial charge on any atom is -0.369 e. The number of anilines is 1. The Balaban J connectivity index is 1.79. The number of fused-ring (bicyclic) bond motifs is 1. The van der Waals surface area contributed by atoms with Crippen molar-refractivity contribution >= 4 is 39.7 Å². The van der Waals surface area contributed by atoms with Gasteiger partial charge in [-0.2, -0.15) is 0 Å². The molecule has 0 amide bonds. The molecule has 4 nitrogen and oxygen atoms in total. The normalized spacial score (nSPS) is 12.5. The van der Waals surface area contributed by atoms with Crippen LogP contribution in [0.4, 0.5) is 5.82 Å². The Bertz CT molecular complexity index is 771. The number of aryl methyl sites for hydroxylation is 1. The fourth-order valence-corrected chi connectivity index (χ4v) is 3.13. The summed E-state index contributed by atoms with van der Waals surface area (Å²) in [5, 5.41) is 8.26. The summed E-state index contributed by atoms with van der Waals surface area (Å²) in [6.07, 6.45) is 1.55. The fourth-order valence-electron chi connectivity index (χ4n) is 2.11. The van der Waals surface area contributed by atoms with E-state index in [0.29, 0.717) is 10.9 Å². The van der Waals surface area contributed by atoms with Gasteiger partial charge < -0.3 is 5.32 Å². The molecule has 0 bridgehead atoms. The summed E-state index contributed by atoms with van der Waals surface area (Å²) < 4.78 is 0. The van der Waals surface area contributed by atoms with E-state index < -0.39 is 0 Å². The number of benzene rings is 1. The number of aromatic nitrogens is 3.